The molecule has 0 unspecified atom stereocenters. The molecule has 0 aliphatic carbocycles. The molecular weight excluding hydrogens is 312 g/mol. The van der Waals surface area contributed by atoms with Gasteiger partial charge in [-0.25, -0.2) is 0 Å². The summed E-state index contributed by atoms with van der Waals surface area (Å²) in [5.41, 5.74) is 1.22. The van der Waals surface area contributed by atoms with E-state index in [2.05, 4.69) is 27.5 Å². The molecular formula is C10H11ClINO. The lowest BCUT2D eigenvalue weighted by molar-refractivity contribution is 0.122. The highest BCUT2D eigenvalue weighted by Crippen LogP contribution is 2.26. The third kappa shape index (κ3) is 2.32. The molecule has 4 heteroatoms. The molecule has 1 saturated heterocycles. The van der Waals surface area contributed by atoms with Gasteiger partial charge in [0, 0.05) is 21.7 Å². The topological polar surface area (TPSA) is 12.5 Å². The largest absolute Gasteiger partial charge is 0.378 e. The molecule has 0 atom stereocenters. The summed E-state index contributed by atoms with van der Waals surface area (Å²) >= 11 is 8.31. The fourth-order valence-corrected chi connectivity index (χ4v) is 2.38. The Hall–Kier alpha value is -0.0000000000000000833. The van der Waals surface area contributed by atoms with Gasteiger partial charge in [-0.05, 0) is 40.8 Å². The maximum Gasteiger partial charge on any atom is 0.0642 e. The summed E-state index contributed by atoms with van der Waals surface area (Å²) in [6.07, 6.45) is 0. The van der Waals surface area contributed by atoms with Crippen molar-refractivity contribution in [1.82, 2.24) is 0 Å². The van der Waals surface area contributed by atoms with Gasteiger partial charge < -0.3 is 9.64 Å². The predicted octanol–water partition coefficient (Wildman–Crippen LogP) is 2.78. The van der Waals surface area contributed by atoms with Gasteiger partial charge in [0.2, 0.25) is 0 Å². The molecule has 0 spiro atoms. The Balaban J connectivity index is 2.24. The van der Waals surface area contributed by atoms with Crippen molar-refractivity contribution in [3.05, 3.63) is 26.8 Å². The third-order valence-electron chi connectivity index (χ3n) is 2.26. The first kappa shape index (κ1) is 10.5. The monoisotopic (exact) mass is 323 g/mol. The number of hydrogen-bond acceptors (Lipinski definition) is 2. The fraction of sp³-hybridized carbons (Fsp3) is 0.400. The van der Waals surface area contributed by atoms with Crippen LogP contribution >= 0.6 is 34.2 Å². The molecule has 1 fully saturated rings. The Kier molecular flexibility index (Phi) is 3.52. The highest BCUT2D eigenvalue weighted by atomic mass is 127. The van der Waals surface area contributed by atoms with Crippen LogP contribution in [0.25, 0.3) is 0 Å². The molecule has 2 rings (SSSR count). The maximum atomic E-state index is 5.97. The predicted molar refractivity (Wildman–Crippen MR) is 67.2 cm³/mol. The van der Waals surface area contributed by atoms with Crippen LogP contribution < -0.4 is 4.90 Å². The molecule has 1 heterocycles. The first-order chi connectivity index (χ1) is 6.77. The van der Waals surface area contributed by atoms with Crippen LogP contribution in [0.15, 0.2) is 18.2 Å². The third-order valence-corrected chi connectivity index (χ3v) is 3.41. The van der Waals surface area contributed by atoms with E-state index >= 15 is 0 Å². The van der Waals surface area contributed by atoms with Crippen LogP contribution in [0.3, 0.4) is 0 Å². The summed E-state index contributed by atoms with van der Waals surface area (Å²) in [6.45, 7) is 3.53. The quantitative estimate of drug-likeness (QED) is 0.737. The number of morpholine rings is 1. The smallest absolute Gasteiger partial charge is 0.0642 e. The molecule has 0 radical (unpaired) electrons. The van der Waals surface area contributed by atoms with E-state index in [4.69, 9.17) is 16.3 Å². The molecule has 1 aliphatic heterocycles. The van der Waals surface area contributed by atoms with Crippen molar-refractivity contribution >= 4 is 39.9 Å². The van der Waals surface area contributed by atoms with Crippen LogP contribution in [-0.2, 0) is 4.74 Å². The zero-order chi connectivity index (χ0) is 9.97. The van der Waals surface area contributed by atoms with Crippen LogP contribution in [0.2, 0.25) is 5.02 Å². The Morgan fingerprint density at radius 2 is 2.00 bits per heavy atom. The van der Waals surface area contributed by atoms with Crippen LogP contribution in [-0.4, -0.2) is 26.3 Å². The summed E-state index contributed by atoms with van der Waals surface area (Å²) in [6, 6.07) is 6.00. The maximum absolute atomic E-state index is 5.97. The summed E-state index contributed by atoms with van der Waals surface area (Å²) in [7, 11) is 0. The first-order valence-electron chi connectivity index (χ1n) is 4.55. The van der Waals surface area contributed by atoms with Gasteiger partial charge in [-0.2, -0.15) is 0 Å². The number of hydrogen-bond donors (Lipinski definition) is 0. The van der Waals surface area contributed by atoms with E-state index in [0.29, 0.717) is 0 Å². The molecule has 76 valence electrons. The lowest BCUT2D eigenvalue weighted by atomic mass is 10.2. The molecule has 1 aromatic carbocycles. The van der Waals surface area contributed by atoms with Gasteiger partial charge in [-0.1, -0.05) is 11.6 Å². The second-order valence-electron chi connectivity index (χ2n) is 3.20. The van der Waals surface area contributed by atoms with Gasteiger partial charge in [-0.3, -0.25) is 0 Å². The average Bonchev–Trinajstić information content (AvgIpc) is 2.23. The number of benzene rings is 1. The molecule has 2 nitrogen and oxygen atoms in total. The lowest BCUT2D eigenvalue weighted by Gasteiger charge is -2.29. The van der Waals surface area contributed by atoms with Crippen molar-refractivity contribution in [1.29, 1.82) is 0 Å². The van der Waals surface area contributed by atoms with Crippen LogP contribution in [0, 0.1) is 3.57 Å². The molecule has 0 N–H and O–H groups in total. The normalized spacial score (nSPS) is 17.1. The van der Waals surface area contributed by atoms with Crippen molar-refractivity contribution in [2.24, 2.45) is 0 Å². The molecule has 0 bridgehead atoms. The molecule has 0 aromatic heterocycles. The highest BCUT2D eigenvalue weighted by molar-refractivity contribution is 14.1. The van der Waals surface area contributed by atoms with E-state index in [1.807, 2.05) is 18.2 Å². The Labute approximate surface area is 102 Å². The SMILES string of the molecule is Clc1ccc(I)c(N2CCOCC2)c1. The van der Waals surface area contributed by atoms with Crippen LogP contribution in [0.5, 0.6) is 0 Å². The Morgan fingerprint density at radius 3 is 2.71 bits per heavy atom. The lowest BCUT2D eigenvalue weighted by Crippen LogP contribution is -2.36. The Bertz CT molecular complexity index is 326. The number of nitrogens with zero attached hydrogens (tertiary/aromatic N) is 1. The zero-order valence-electron chi connectivity index (χ0n) is 7.67. The molecule has 0 saturated carbocycles. The summed E-state index contributed by atoms with van der Waals surface area (Å²) < 4.78 is 6.56. The summed E-state index contributed by atoms with van der Waals surface area (Å²) in [5.74, 6) is 0. The highest BCUT2D eigenvalue weighted by Gasteiger charge is 2.13. The minimum Gasteiger partial charge on any atom is -0.378 e. The second-order valence-corrected chi connectivity index (χ2v) is 4.79. The van der Waals surface area contributed by atoms with Gasteiger partial charge in [0.15, 0.2) is 0 Å². The van der Waals surface area contributed by atoms with Gasteiger partial charge in [0.1, 0.15) is 0 Å². The molecule has 0 amide bonds. The minimum atomic E-state index is 0.798. The summed E-state index contributed by atoms with van der Waals surface area (Å²) in [5, 5.41) is 0.798. The number of anilines is 1. The van der Waals surface area contributed by atoms with E-state index in [9.17, 15) is 0 Å². The van der Waals surface area contributed by atoms with Crippen molar-refractivity contribution in [3.63, 3.8) is 0 Å². The van der Waals surface area contributed by atoms with E-state index < -0.39 is 0 Å². The van der Waals surface area contributed by atoms with Gasteiger partial charge >= 0.3 is 0 Å². The van der Waals surface area contributed by atoms with E-state index in [-0.39, 0.29) is 0 Å². The minimum absolute atomic E-state index is 0.798. The van der Waals surface area contributed by atoms with E-state index in [1.54, 1.807) is 0 Å². The number of ether oxygens (including phenoxy) is 1. The zero-order valence-corrected chi connectivity index (χ0v) is 10.6. The average molecular weight is 324 g/mol. The first-order valence-corrected chi connectivity index (χ1v) is 6.01. The van der Waals surface area contributed by atoms with Crippen molar-refractivity contribution in [2.45, 2.75) is 0 Å². The summed E-state index contributed by atoms with van der Waals surface area (Å²) in [4.78, 5) is 2.32. The number of halogens is 2. The van der Waals surface area contributed by atoms with Gasteiger partial charge in [0.25, 0.3) is 0 Å². The molecule has 1 aliphatic rings. The van der Waals surface area contributed by atoms with Gasteiger partial charge in [-0.15, -0.1) is 0 Å². The van der Waals surface area contributed by atoms with E-state index in [1.165, 1.54) is 9.26 Å². The van der Waals surface area contributed by atoms with Crippen LogP contribution in [0.1, 0.15) is 0 Å². The van der Waals surface area contributed by atoms with Crippen molar-refractivity contribution in [3.8, 4) is 0 Å². The molecule has 14 heavy (non-hydrogen) atoms. The van der Waals surface area contributed by atoms with Gasteiger partial charge in [0.05, 0.1) is 18.9 Å². The Morgan fingerprint density at radius 1 is 1.29 bits per heavy atom. The number of rotatable bonds is 1. The van der Waals surface area contributed by atoms with Crippen LogP contribution in [0.4, 0.5) is 5.69 Å². The van der Waals surface area contributed by atoms with Crippen molar-refractivity contribution in [2.75, 3.05) is 31.2 Å². The molecule has 1 aromatic rings. The fourth-order valence-electron chi connectivity index (χ4n) is 1.53. The van der Waals surface area contributed by atoms with Crippen molar-refractivity contribution < 1.29 is 4.74 Å². The second kappa shape index (κ2) is 4.68. The standard InChI is InChI=1S/C10H11ClINO/c11-8-1-2-9(12)10(7-8)13-3-5-14-6-4-13/h1-2,7H,3-6H2. The van der Waals surface area contributed by atoms with E-state index in [0.717, 1.165) is 31.3 Å².